The maximum absolute atomic E-state index is 13.7. The number of rotatable bonds is 5. The minimum atomic E-state index is -3.73. The molecule has 2 heterocycles. The number of anilines is 1. The van der Waals surface area contributed by atoms with Crippen LogP contribution in [0.15, 0.2) is 50.8 Å². The van der Waals surface area contributed by atoms with Gasteiger partial charge in [0, 0.05) is 24.4 Å². The summed E-state index contributed by atoms with van der Waals surface area (Å²) in [6.45, 7) is 2.36. The second kappa shape index (κ2) is 8.53. The molecule has 0 saturated heterocycles. The first-order valence-corrected chi connectivity index (χ1v) is 12.5. The highest BCUT2D eigenvalue weighted by Gasteiger charge is 2.35. The van der Waals surface area contributed by atoms with E-state index < -0.39 is 10.0 Å². The average Bonchev–Trinajstić information content (AvgIpc) is 3.36. The molecular formula is C21H26N2O4S2. The van der Waals surface area contributed by atoms with Crippen LogP contribution < -0.4 is 4.90 Å². The first kappa shape index (κ1) is 20.5. The van der Waals surface area contributed by atoms with Gasteiger partial charge < -0.3 is 9.32 Å². The van der Waals surface area contributed by atoms with Crippen molar-refractivity contribution in [2.75, 3.05) is 17.2 Å². The van der Waals surface area contributed by atoms with Gasteiger partial charge in [-0.05, 0) is 55.3 Å². The summed E-state index contributed by atoms with van der Waals surface area (Å²) in [4.78, 5) is 15.1. The van der Waals surface area contributed by atoms with Crippen molar-refractivity contribution in [2.24, 2.45) is 0 Å². The molecule has 6 nitrogen and oxygen atoms in total. The normalized spacial score (nSPS) is 18.1. The zero-order valence-electron chi connectivity index (χ0n) is 16.5. The summed E-state index contributed by atoms with van der Waals surface area (Å²) in [6.07, 6.45) is 6.25. The topological polar surface area (TPSA) is 70.8 Å². The summed E-state index contributed by atoms with van der Waals surface area (Å²) in [5.74, 6) is 1.48. The Labute approximate surface area is 176 Å². The summed E-state index contributed by atoms with van der Waals surface area (Å²) in [5, 5.41) is 0. The highest BCUT2D eigenvalue weighted by atomic mass is 32.2. The molecule has 8 heteroatoms. The van der Waals surface area contributed by atoms with Crippen LogP contribution in [0.25, 0.3) is 0 Å². The number of amides is 1. The Morgan fingerprint density at radius 2 is 2.03 bits per heavy atom. The van der Waals surface area contributed by atoms with Gasteiger partial charge in [-0.3, -0.25) is 4.79 Å². The fourth-order valence-corrected chi connectivity index (χ4v) is 6.78. The largest absolute Gasteiger partial charge is 0.468 e. The van der Waals surface area contributed by atoms with E-state index in [1.54, 1.807) is 45.4 Å². The Morgan fingerprint density at radius 3 is 2.72 bits per heavy atom. The number of hydrogen-bond acceptors (Lipinski definition) is 5. The number of furan rings is 1. The lowest BCUT2D eigenvalue weighted by Gasteiger charge is -2.28. The molecule has 4 rings (SSSR count). The number of benzene rings is 1. The molecule has 1 aromatic heterocycles. The van der Waals surface area contributed by atoms with E-state index in [1.807, 2.05) is 12.1 Å². The second-order valence-corrected chi connectivity index (χ2v) is 10.6. The molecule has 0 radical (unpaired) electrons. The first-order valence-electron chi connectivity index (χ1n) is 10.1. The van der Waals surface area contributed by atoms with E-state index in [4.69, 9.17) is 4.42 Å². The SMILES string of the molecule is CC(=O)N1CCCSc2ccc(S(=O)(=O)N(Cc3ccco3)C3CCCC3)cc21. The van der Waals surface area contributed by atoms with E-state index >= 15 is 0 Å². The molecule has 0 spiro atoms. The Morgan fingerprint density at radius 1 is 1.24 bits per heavy atom. The third-order valence-electron chi connectivity index (χ3n) is 5.62. The van der Waals surface area contributed by atoms with E-state index in [0.29, 0.717) is 18.0 Å². The van der Waals surface area contributed by atoms with Crippen LogP contribution in [0, 0.1) is 0 Å². The number of carbonyl (C=O) groups excluding carboxylic acids is 1. The van der Waals surface area contributed by atoms with Crippen molar-refractivity contribution in [1.29, 1.82) is 0 Å². The number of nitrogens with zero attached hydrogens (tertiary/aromatic N) is 2. The minimum absolute atomic E-state index is 0.0257. The average molecular weight is 435 g/mol. The highest BCUT2D eigenvalue weighted by Crippen LogP contribution is 2.37. The fraction of sp³-hybridized carbons (Fsp3) is 0.476. The summed E-state index contributed by atoms with van der Waals surface area (Å²) in [5.41, 5.74) is 0.699. The molecule has 156 valence electrons. The lowest BCUT2D eigenvalue weighted by Crippen LogP contribution is -2.38. The van der Waals surface area contributed by atoms with Crippen molar-refractivity contribution in [3.8, 4) is 0 Å². The maximum atomic E-state index is 13.7. The predicted octanol–water partition coefficient (Wildman–Crippen LogP) is 4.26. The van der Waals surface area contributed by atoms with E-state index in [1.165, 1.54) is 6.92 Å². The van der Waals surface area contributed by atoms with Crippen molar-refractivity contribution in [3.63, 3.8) is 0 Å². The van der Waals surface area contributed by atoms with Crippen LogP contribution in [0.1, 0.15) is 44.8 Å². The molecule has 1 fully saturated rings. The third-order valence-corrected chi connectivity index (χ3v) is 8.66. The number of carbonyl (C=O) groups is 1. The molecule has 1 aromatic carbocycles. The van der Waals surface area contributed by atoms with Gasteiger partial charge in [-0.15, -0.1) is 11.8 Å². The van der Waals surface area contributed by atoms with Gasteiger partial charge in [-0.1, -0.05) is 12.8 Å². The van der Waals surface area contributed by atoms with E-state index in [0.717, 1.165) is 42.8 Å². The zero-order chi connectivity index (χ0) is 20.4. The molecule has 0 N–H and O–H groups in total. The smallest absolute Gasteiger partial charge is 0.243 e. The Hall–Kier alpha value is -1.77. The van der Waals surface area contributed by atoms with Crippen LogP contribution in [0.2, 0.25) is 0 Å². The summed E-state index contributed by atoms with van der Waals surface area (Å²) in [7, 11) is -3.73. The second-order valence-electron chi connectivity index (χ2n) is 7.57. The third kappa shape index (κ3) is 4.25. The fourth-order valence-electron chi connectivity index (χ4n) is 4.14. The van der Waals surface area contributed by atoms with E-state index in [9.17, 15) is 13.2 Å². The maximum Gasteiger partial charge on any atom is 0.243 e. The van der Waals surface area contributed by atoms with Crippen molar-refractivity contribution in [3.05, 3.63) is 42.4 Å². The quantitative estimate of drug-likeness (QED) is 0.703. The molecule has 0 bridgehead atoms. The van der Waals surface area contributed by atoms with Gasteiger partial charge in [0.05, 0.1) is 23.4 Å². The lowest BCUT2D eigenvalue weighted by molar-refractivity contribution is -0.116. The molecule has 1 aliphatic heterocycles. The minimum Gasteiger partial charge on any atom is -0.468 e. The van der Waals surface area contributed by atoms with Crippen LogP contribution in [0.5, 0.6) is 0 Å². The van der Waals surface area contributed by atoms with Crippen LogP contribution in [-0.4, -0.2) is 37.0 Å². The molecule has 1 saturated carbocycles. The number of thioether (sulfide) groups is 1. The van der Waals surface area contributed by atoms with E-state index in [2.05, 4.69) is 0 Å². The molecular weight excluding hydrogens is 408 g/mol. The van der Waals surface area contributed by atoms with Gasteiger partial charge in [0.2, 0.25) is 15.9 Å². The van der Waals surface area contributed by atoms with E-state index in [-0.39, 0.29) is 23.4 Å². The highest BCUT2D eigenvalue weighted by molar-refractivity contribution is 7.99. The number of hydrogen-bond donors (Lipinski definition) is 0. The monoisotopic (exact) mass is 434 g/mol. The first-order chi connectivity index (χ1) is 14.0. The number of fused-ring (bicyclic) bond motifs is 1. The molecule has 1 amide bonds. The van der Waals surface area contributed by atoms with Gasteiger partial charge in [-0.25, -0.2) is 8.42 Å². The molecule has 29 heavy (non-hydrogen) atoms. The van der Waals surface area contributed by atoms with Crippen molar-refractivity contribution in [2.45, 2.75) is 61.4 Å². The van der Waals surface area contributed by atoms with Gasteiger partial charge in [-0.2, -0.15) is 4.31 Å². The summed E-state index contributed by atoms with van der Waals surface area (Å²) < 4.78 is 34.4. The molecule has 0 unspecified atom stereocenters. The molecule has 1 aliphatic carbocycles. The Balaban J connectivity index is 1.73. The van der Waals surface area contributed by atoms with Gasteiger partial charge in [0.15, 0.2) is 0 Å². The van der Waals surface area contributed by atoms with Crippen LogP contribution >= 0.6 is 11.8 Å². The molecule has 2 aliphatic rings. The summed E-state index contributed by atoms with van der Waals surface area (Å²) in [6, 6.07) is 8.75. The van der Waals surface area contributed by atoms with Gasteiger partial charge in [0.25, 0.3) is 0 Å². The molecule has 0 atom stereocenters. The van der Waals surface area contributed by atoms with Gasteiger partial charge >= 0.3 is 0 Å². The number of sulfonamides is 1. The van der Waals surface area contributed by atoms with Gasteiger partial charge in [0.1, 0.15) is 5.76 Å². The standard InChI is InChI=1S/C21H26N2O4S2/c1-16(24)22-11-5-13-28-21-10-9-19(14-20(21)22)29(25,26)23(17-6-2-3-7-17)15-18-8-4-12-27-18/h4,8-10,12,14,17H,2-3,5-7,11,13,15H2,1H3. The molecule has 2 aromatic rings. The Kier molecular flexibility index (Phi) is 6.03. The zero-order valence-corrected chi connectivity index (χ0v) is 18.2. The van der Waals surface area contributed by atoms with Crippen molar-refractivity contribution >= 4 is 33.4 Å². The Bertz CT molecular complexity index is 967. The van der Waals surface area contributed by atoms with Crippen molar-refractivity contribution < 1.29 is 17.6 Å². The van der Waals surface area contributed by atoms with Crippen LogP contribution in [0.3, 0.4) is 0 Å². The lowest BCUT2D eigenvalue weighted by atomic mass is 10.2. The van der Waals surface area contributed by atoms with Crippen LogP contribution in [0.4, 0.5) is 5.69 Å². The van der Waals surface area contributed by atoms with Crippen molar-refractivity contribution in [1.82, 2.24) is 4.31 Å². The predicted molar refractivity (Wildman–Crippen MR) is 114 cm³/mol. The summed E-state index contributed by atoms with van der Waals surface area (Å²) >= 11 is 1.67. The van der Waals surface area contributed by atoms with Crippen LogP contribution in [-0.2, 0) is 21.4 Å².